The first-order valence-corrected chi connectivity index (χ1v) is 6.82. The molecule has 3 rings (SSSR count). The van der Waals surface area contributed by atoms with Gasteiger partial charge in [-0.3, -0.25) is 0 Å². The number of aryl methyl sites for hydroxylation is 2. The molecule has 4 nitrogen and oxygen atoms in total. The largest absolute Gasteiger partial charge is 0.505 e. The number of aromatic amines is 1. The zero-order chi connectivity index (χ0) is 14.4. The summed E-state index contributed by atoms with van der Waals surface area (Å²) in [6, 6.07) is 5.99. The van der Waals surface area contributed by atoms with Gasteiger partial charge in [-0.05, 0) is 36.1 Å². The van der Waals surface area contributed by atoms with Gasteiger partial charge >= 0.3 is 0 Å². The fourth-order valence-corrected chi connectivity index (χ4v) is 2.42. The lowest BCUT2D eigenvalue weighted by Gasteiger charge is -1.97. The number of fused-ring (bicyclic) bond motifs is 1. The van der Waals surface area contributed by atoms with Crippen LogP contribution in [0.5, 0.6) is 5.75 Å². The number of H-pyrrole nitrogens is 1. The summed E-state index contributed by atoms with van der Waals surface area (Å²) < 4.78 is 2.07. The molecule has 0 spiro atoms. The Hall–Kier alpha value is -2.23. The minimum atomic E-state index is 0.253. The zero-order valence-electron chi connectivity index (χ0n) is 12.2. The molecule has 3 aromatic rings. The van der Waals surface area contributed by atoms with Crippen LogP contribution >= 0.6 is 0 Å². The maximum atomic E-state index is 10.1. The van der Waals surface area contributed by atoms with Gasteiger partial charge in [-0.15, -0.1) is 0 Å². The van der Waals surface area contributed by atoms with E-state index in [0.29, 0.717) is 11.4 Å². The number of aromatic nitrogens is 3. The third-order valence-corrected chi connectivity index (χ3v) is 3.77. The third-order valence-electron chi connectivity index (χ3n) is 3.77. The van der Waals surface area contributed by atoms with E-state index < -0.39 is 0 Å². The summed E-state index contributed by atoms with van der Waals surface area (Å²) in [7, 11) is 2.01. The summed E-state index contributed by atoms with van der Waals surface area (Å²) in [5.74, 6) is 1.52. The van der Waals surface area contributed by atoms with Gasteiger partial charge in [-0.25, -0.2) is 4.98 Å². The molecule has 0 atom stereocenters. The molecule has 0 fully saturated rings. The van der Waals surface area contributed by atoms with Crippen molar-refractivity contribution in [1.82, 2.24) is 14.5 Å². The molecule has 0 saturated heterocycles. The average molecular weight is 269 g/mol. The van der Waals surface area contributed by atoms with Gasteiger partial charge in [0, 0.05) is 13.2 Å². The number of phenolic OH excluding ortho intramolecular Hbond substituents is 1. The van der Waals surface area contributed by atoms with Crippen LogP contribution in [0.4, 0.5) is 0 Å². The summed E-state index contributed by atoms with van der Waals surface area (Å²) in [4.78, 5) is 7.83. The molecule has 1 aromatic carbocycles. The van der Waals surface area contributed by atoms with Crippen LogP contribution < -0.4 is 0 Å². The predicted molar refractivity (Wildman–Crippen MR) is 81.0 cm³/mol. The molecule has 2 aromatic heterocycles. The van der Waals surface area contributed by atoms with E-state index in [1.165, 1.54) is 5.56 Å². The van der Waals surface area contributed by atoms with Crippen molar-refractivity contribution in [2.45, 2.75) is 26.7 Å². The lowest BCUT2D eigenvalue weighted by molar-refractivity contribution is 0.476. The molecule has 2 heterocycles. The van der Waals surface area contributed by atoms with E-state index in [1.54, 1.807) is 0 Å². The van der Waals surface area contributed by atoms with Crippen LogP contribution in [-0.2, 0) is 7.05 Å². The van der Waals surface area contributed by atoms with Gasteiger partial charge in [0.1, 0.15) is 11.3 Å². The van der Waals surface area contributed by atoms with E-state index in [4.69, 9.17) is 0 Å². The van der Waals surface area contributed by atoms with E-state index in [-0.39, 0.29) is 5.75 Å². The van der Waals surface area contributed by atoms with Crippen molar-refractivity contribution >= 4 is 11.0 Å². The lowest BCUT2D eigenvalue weighted by Crippen LogP contribution is -1.90. The Morgan fingerprint density at radius 2 is 2.05 bits per heavy atom. The minimum absolute atomic E-state index is 0.253. The molecule has 0 aliphatic rings. The number of rotatable bonds is 2. The fourth-order valence-electron chi connectivity index (χ4n) is 2.42. The summed E-state index contributed by atoms with van der Waals surface area (Å²) in [6.45, 7) is 6.22. The van der Waals surface area contributed by atoms with Crippen molar-refractivity contribution in [3.63, 3.8) is 0 Å². The van der Waals surface area contributed by atoms with Gasteiger partial charge in [0.25, 0.3) is 0 Å². The van der Waals surface area contributed by atoms with Crippen LogP contribution in [0, 0.1) is 6.92 Å². The van der Waals surface area contributed by atoms with Gasteiger partial charge < -0.3 is 14.7 Å². The van der Waals surface area contributed by atoms with Crippen LogP contribution in [0.3, 0.4) is 0 Å². The third kappa shape index (κ3) is 1.88. The van der Waals surface area contributed by atoms with Crippen molar-refractivity contribution in [3.8, 4) is 17.3 Å². The summed E-state index contributed by atoms with van der Waals surface area (Å²) in [6.07, 6.45) is 2.12. The lowest BCUT2D eigenvalue weighted by atomic mass is 10.1. The maximum Gasteiger partial charge on any atom is 0.155 e. The second kappa shape index (κ2) is 4.40. The van der Waals surface area contributed by atoms with Crippen molar-refractivity contribution in [2.24, 2.45) is 7.05 Å². The highest BCUT2D eigenvalue weighted by Gasteiger charge is 2.14. The Labute approximate surface area is 118 Å². The molecular weight excluding hydrogens is 250 g/mol. The van der Waals surface area contributed by atoms with Gasteiger partial charge in [-0.2, -0.15) is 0 Å². The molecule has 0 radical (unpaired) electrons. The van der Waals surface area contributed by atoms with Crippen molar-refractivity contribution in [1.29, 1.82) is 0 Å². The molecule has 2 N–H and O–H groups in total. The molecule has 0 aliphatic carbocycles. The number of aromatic hydroxyl groups is 1. The van der Waals surface area contributed by atoms with Crippen molar-refractivity contribution in [3.05, 3.63) is 35.5 Å². The molecule has 0 bridgehead atoms. The van der Waals surface area contributed by atoms with Gasteiger partial charge in [-0.1, -0.05) is 19.9 Å². The van der Waals surface area contributed by atoms with E-state index in [2.05, 4.69) is 40.6 Å². The number of hydrogen-bond donors (Lipinski definition) is 2. The normalized spacial score (nSPS) is 11.7. The minimum Gasteiger partial charge on any atom is -0.505 e. The van der Waals surface area contributed by atoms with E-state index in [9.17, 15) is 5.11 Å². The number of nitrogens with zero attached hydrogens (tertiary/aromatic N) is 2. The maximum absolute atomic E-state index is 10.1. The molecule has 0 aliphatic heterocycles. The van der Waals surface area contributed by atoms with Crippen molar-refractivity contribution < 1.29 is 5.11 Å². The first kappa shape index (κ1) is 12.8. The van der Waals surface area contributed by atoms with E-state index in [1.807, 2.05) is 26.1 Å². The number of phenols is 1. The topological polar surface area (TPSA) is 53.8 Å². The molecule has 20 heavy (non-hydrogen) atoms. The second-order valence-corrected chi connectivity index (χ2v) is 5.64. The second-order valence-electron chi connectivity index (χ2n) is 5.64. The van der Waals surface area contributed by atoms with Crippen LogP contribution in [-0.4, -0.2) is 19.6 Å². The monoisotopic (exact) mass is 269 g/mol. The Bertz CT molecular complexity index is 780. The molecule has 0 amide bonds. The number of benzene rings is 1. The summed E-state index contributed by atoms with van der Waals surface area (Å²) >= 11 is 0. The Morgan fingerprint density at radius 1 is 1.30 bits per heavy atom. The van der Waals surface area contributed by atoms with Crippen LogP contribution in [0.2, 0.25) is 0 Å². The van der Waals surface area contributed by atoms with E-state index in [0.717, 1.165) is 22.6 Å². The first-order valence-electron chi connectivity index (χ1n) is 6.82. The molecule has 0 saturated carbocycles. The zero-order valence-corrected chi connectivity index (χ0v) is 12.2. The van der Waals surface area contributed by atoms with Crippen molar-refractivity contribution in [2.75, 3.05) is 0 Å². The fraction of sp³-hybridized carbons (Fsp3) is 0.312. The highest BCUT2D eigenvalue weighted by Crippen LogP contribution is 2.30. The molecule has 104 valence electrons. The SMILES string of the molecule is Cc1ccc2[nH]c(-c3cc(C(C)C)cn3C)nc2c1O. The smallest absolute Gasteiger partial charge is 0.155 e. The Balaban J connectivity index is 2.17. The Kier molecular flexibility index (Phi) is 2.82. The summed E-state index contributed by atoms with van der Waals surface area (Å²) in [5.41, 5.74) is 4.64. The quantitative estimate of drug-likeness (QED) is 0.745. The standard InChI is InChI=1S/C16H19N3O/c1-9(2)11-7-13(19(4)8-11)16-17-12-6-5-10(3)15(20)14(12)18-16/h5-9,20H,1-4H3,(H,17,18). The highest BCUT2D eigenvalue weighted by molar-refractivity contribution is 5.85. The van der Waals surface area contributed by atoms with Crippen LogP contribution in [0.25, 0.3) is 22.6 Å². The average Bonchev–Trinajstić information content (AvgIpc) is 2.97. The molecular formula is C16H19N3O. The van der Waals surface area contributed by atoms with Gasteiger partial charge in [0.05, 0.1) is 11.2 Å². The number of hydrogen-bond acceptors (Lipinski definition) is 2. The Morgan fingerprint density at radius 3 is 2.70 bits per heavy atom. The van der Waals surface area contributed by atoms with Gasteiger partial charge in [0.15, 0.2) is 5.82 Å². The van der Waals surface area contributed by atoms with Crippen LogP contribution in [0.1, 0.15) is 30.9 Å². The summed E-state index contributed by atoms with van der Waals surface area (Å²) in [5, 5.41) is 10.1. The first-order chi connectivity index (χ1) is 9.47. The van der Waals surface area contributed by atoms with Gasteiger partial charge in [0.2, 0.25) is 0 Å². The van der Waals surface area contributed by atoms with E-state index >= 15 is 0 Å². The molecule has 0 unspecified atom stereocenters. The number of nitrogens with one attached hydrogen (secondary N) is 1. The highest BCUT2D eigenvalue weighted by atomic mass is 16.3. The molecule has 4 heteroatoms. The van der Waals surface area contributed by atoms with Crippen LogP contribution in [0.15, 0.2) is 24.4 Å². The predicted octanol–water partition coefficient (Wildman–Crippen LogP) is 3.71. The number of imidazole rings is 1.